The van der Waals surface area contributed by atoms with E-state index in [2.05, 4.69) is 0 Å². The summed E-state index contributed by atoms with van der Waals surface area (Å²) >= 11 is 6.92. The first-order valence-corrected chi connectivity index (χ1v) is 9.17. The molecular weight excluding hydrogens is 363 g/mol. The van der Waals surface area contributed by atoms with Crippen LogP contribution in [-0.4, -0.2) is 25.8 Å². The van der Waals surface area contributed by atoms with Crippen molar-refractivity contribution in [2.45, 2.75) is 17.2 Å². The number of hydrogen-bond acceptors (Lipinski definition) is 4. The van der Waals surface area contributed by atoms with Gasteiger partial charge in [0, 0.05) is 13.1 Å². The number of sulfonamides is 1. The molecule has 1 aromatic heterocycles. The van der Waals surface area contributed by atoms with Crippen LogP contribution in [0, 0.1) is 0 Å². The van der Waals surface area contributed by atoms with Gasteiger partial charge < -0.3 is 5.73 Å². The molecule has 0 aliphatic rings. The molecule has 0 atom stereocenters. The first-order valence-electron chi connectivity index (χ1n) is 6.53. The van der Waals surface area contributed by atoms with Gasteiger partial charge in [0.2, 0.25) is 0 Å². The van der Waals surface area contributed by atoms with Crippen LogP contribution in [0.2, 0.25) is 4.34 Å². The Balaban J connectivity index is 0.00000242. The Labute approximate surface area is 146 Å². The predicted octanol–water partition coefficient (Wildman–Crippen LogP) is 3.36. The topological polar surface area (TPSA) is 63.4 Å². The van der Waals surface area contributed by atoms with Crippen molar-refractivity contribution in [2.24, 2.45) is 5.73 Å². The lowest BCUT2D eigenvalue weighted by Crippen LogP contribution is -2.32. The molecule has 122 valence electrons. The van der Waals surface area contributed by atoms with Gasteiger partial charge in [-0.15, -0.1) is 23.7 Å². The lowest BCUT2D eigenvalue weighted by molar-refractivity contribution is 0.403. The summed E-state index contributed by atoms with van der Waals surface area (Å²) in [5.74, 6) is 0. The van der Waals surface area contributed by atoms with Crippen molar-refractivity contribution in [3.63, 3.8) is 0 Å². The number of benzene rings is 1. The first-order chi connectivity index (χ1) is 10.0. The molecule has 4 nitrogen and oxygen atoms in total. The van der Waals surface area contributed by atoms with Crippen LogP contribution in [-0.2, 0) is 16.6 Å². The Morgan fingerprint density at radius 3 is 2.36 bits per heavy atom. The summed E-state index contributed by atoms with van der Waals surface area (Å²) in [5, 5.41) is 0. The fourth-order valence-electron chi connectivity index (χ4n) is 1.90. The summed E-state index contributed by atoms with van der Waals surface area (Å²) in [7, 11) is -3.54. The van der Waals surface area contributed by atoms with Gasteiger partial charge >= 0.3 is 0 Å². The van der Waals surface area contributed by atoms with Gasteiger partial charge in [-0.1, -0.05) is 41.9 Å². The summed E-state index contributed by atoms with van der Waals surface area (Å²) < 4.78 is 27.6. The molecule has 0 fully saturated rings. The van der Waals surface area contributed by atoms with Crippen molar-refractivity contribution < 1.29 is 8.42 Å². The highest BCUT2D eigenvalue weighted by molar-refractivity contribution is 7.91. The number of rotatable bonds is 7. The third kappa shape index (κ3) is 4.94. The zero-order valence-corrected chi connectivity index (χ0v) is 15.0. The van der Waals surface area contributed by atoms with Crippen LogP contribution in [0.3, 0.4) is 0 Å². The molecule has 0 spiro atoms. The minimum absolute atomic E-state index is 0. The lowest BCUT2D eigenvalue weighted by Gasteiger charge is -2.21. The van der Waals surface area contributed by atoms with Crippen molar-refractivity contribution in [3.05, 3.63) is 52.4 Å². The highest BCUT2D eigenvalue weighted by Crippen LogP contribution is 2.29. The molecule has 0 saturated heterocycles. The van der Waals surface area contributed by atoms with Crippen molar-refractivity contribution in [1.29, 1.82) is 0 Å². The second-order valence-corrected chi connectivity index (χ2v) is 8.40. The molecular formula is C14H18Cl2N2O2S2. The highest BCUT2D eigenvalue weighted by atomic mass is 35.5. The zero-order chi connectivity index (χ0) is 15.3. The Hall–Kier alpha value is -0.630. The minimum Gasteiger partial charge on any atom is -0.330 e. The Bertz CT molecular complexity index is 675. The Kier molecular flexibility index (Phi) is 7.82. The minimum atomic E-state index is -3.54. The van der Waals surface area contributed by atoms with E-state index in [0.29, 0.717) is 30.4 Å². The van der Waals surface area contributed by atoms with Gasteiger partial charge in [-0.05, 0) is 30.7 Å². The van der Waals surface area contributed by atoms with Crippen LogP contribution >= 0.6 is 35.3 Å². The fraction of sp³-hybridized carbons (Fsp3) is 0.286. The van der Waals surface area contributed by atoms with Crippen molar-refractivity contribution >= 4 is 45.4 Å². The molecule has 0 unspecified atom stereocenters. The van der Waals surface area contributed by atoms with E-state index < -0.39 is 10.0 Å². The number of halogens is 2. The molecule has 0 bridgehead atoms. The molecule has 1 heterocycles. The summed E-state index contributed by atoms with van der Waals surface area (Å²) in [6.45, 7) is 1.17. The van der Waals surface area contributed by atoms with Crippen LogP contribution in [0.5, 0.6) is 0 Å². The van der Waals surface area contributed by atoms with Crippen molar-refractivity contribution in [2.75, 3.05) is 13.1 Å². The second kappa shape index (κ2) is 8.86. The van der Waals surface area contributed by atoms with Crippen molar-refractivity contribution in [3.8, 4) is 0 Å². The Morgan fingerprint density at radius 2 is 1.82 bits per heavy atom. The average Bonchev–Trinajstić information content (AvgIpc) is 2.92. The van der Waals surface area contributed by atoms with Gasteiger partial charge in [0.1, 0.15) is 4.21 Å². The van der Waals surface area contributed by atoms with Gasteiger partial charge in [0.05, 0.1) is 4.34 Å². The molecule has 0 amide bonds. The maximum atomic E-state index is 12.7. The van der Waals surface area contributed by atoms with Crippen LogP contribution in [0.4, 0.5) is 0 Å². The van der Waals surface area contributed by atoms with Crippen LogP contribution < -0.4 is 5.73 Å². The van der Waals surface area contributed by atoms with E-state index in [1.807, 2.05) is 30.3 Å². The van der Waals surface area contributed by atoms with E-state index in [4.69, 9.17) is 17.3 Å². The van der Waals surface area contributed by atoms with E-state index in [1.165, 1.54) is 4.31 Å². The highest BCUT2D eigenvalue weighted by Gasteiger charge is 2.25. The summed E-state index contributed by atoms with van der Waals surface area (Å²) in [5.41, 5.74) is 6.46. The summed E-state index contributed by atoms with van der Waals surface area (Å²) in [4.78, 5) is 0. The van der Waals surface area contributed by atoms with E-state index in [9.17, 15) is 8.42 Å². The van der Waals surface area contributed by atoms with Crippen LogP contribution in [0.15, 0.2) is 46.7 Å². The van der Waals surface area contributed by atoms with Gasteiger partial charge in [-0.3, -0.25) is 0 Å². The summed E-state index contributed by atoms with van der Waals surface area (Å²) in [6, 6.07) is 12.7. The number of nitrogens with two attached hydrogens (primary N) is 1. The lowest BCUT2D eigenvalue weighted by atomic mass is 10.2. The predicted molar refractivity (Wildman–Crippen MR) is 94.3 cm³/mol. The van der Waals surface area contributed by atoms with E-state index in [-0.39, 0.29) is 16.6 Å². The SMILES string of the molecule is Cl.NCCCN(Cc1ccccc1)S(=O)(=O)c1ccc(Cl)s1. The zero-order valence-electron chi connectivity index (χ0n) is 11.8. The standard InChI is InChI=1S/C14H17ClN2O2S2.ClH/c15-13-7-8-14(20-13)21(18,19)17(10-4-9-16)11-12-5-2-1-3-6-12;/h1-3,5-8H,4,9-11,16H2;1H. The van der Waals surface area contributed by atoms with Crippen LogP contribution in [0.1, 0.15) is 12.0 Å². The van der Waals surface area contributed by atoms with Crippen LogP contribution in [0.25, 0.3) is 0 Å². The molecule has 22 heavy (non-hydrogen) atoms. The molecule has 8 heteroatoms. The number of thiophene rings is 1. The second-order valence-electron chi connectivity index (χ2n) is 4.52. The third-order valence-corrected chi connectivity index (χ3v) is 6.50. The first kappa shape index (κ1) is 19.4. The van der Waals surface area contributed by atoms with Crippen molar-refractivity contribution in [1.82, 2.24) is 4.31 Å². The average molecular weight is 381 g/mol. The molecule has 0 saturated carbocycles. The van der Waals surface area contributed by atoms with E-state index in [1.54, 1.807) is 12.1 Å². The van der Waals surface area contributed by atoms with Gasteiger partial charge in [0.25, 0.3) is 10.0 Å². The quantitative estimate of drug-likeness (QED) is 0.800. The van der Waals surface area contributed by atoms with Gasteiger partial charge in [-0.25, -0.2) is 8.42 Å². The monoisotopic (exact) mass is 380 g/mol. The number of hydrogen-bond donors (Lipinski definition) is 1. The molecule has 2 aromatic rings. The fourth-order valence-corrected chi connectivity index (χ4v) is 5.01. The normalized spacial score (nSPS) is 11.4. The maximum absolute atomic E-state index is 12.7. The van der Waals surface area contributed by atoms with E-state index >= 15 is 0 Å². The van der Waals surface area contributed by atoms with E-state index in [0.717, 1.165) is 16.9 Å². The molecule has 1 aromatic carbocycles. The molecule has 0 aliphatic carbocycles. The molecule has 0 radical (unpaired) electrons. The van der Waals surface area contributed by atoms with Gasteiger partial charge in [0.15, 0.2) is 0 Å². The number of nitrogens with zero attached hydrogens (tertiary/aromatic N) is 1. The Morgan fingerprint density at radius 1 is 1.14 bits per heavy atom. The molecule has 2 N–H and O–H groups in total. The molecule has 2 rings (SSSR count). The summed E-state index contributed by atoms with van der Waals surface area (Å²) in [6.07, 6.45) is 0.616. The maximum Gasteiger partial charge on any atom is 0.252 e. The molecule has 0 aliphatic heterocycles. The van der Waals surface area contributed by atoms with Gasteiger partial charge in [-0.2, -0.15) is 4.31 Å². The largest absolute Gasteiger partial charge is 0.330 e. The smallest absolute Gasteiger partial charge is 0.252 e. The third-order valence-electron chi connectivity index (χ3n) is 2.96.